The van der Waals surface area contributed by atoms with Crippen LogP contribution in [0.4, 0.5) is 0 Å². The fourth-order valence-electron chi connectivity index (χ4n) is 6.43. The van der Waals surface area contributed by atoms with E-state index in [1.54, 1.807) is 11.1 Å². The smallest absolute Gasteiger partial charge is 0.0381 e. The molecule has 0 spiro atoms. The molecule has 0 nitrogen and oxygen atoms in total. The van der Waals surface area contributed by atoms with Gasteiger partial charge in [0.15, 0.2) is 0 Å². The minimum absolute atomic E-state index is 0.0797. The maximum Gasteiger partial charge on any atom is 0.0381 e. The predicted molar refractivity (Wildman–Crippen MR) is 202 cm³/mol. The molecule has 2 aromatic heterocycles. The van der Waals surface area contributed by atoms with Crippen molar-refractivity contribution in [2.75, 3.05) is 0 Å². The summed E-state index contributed by atoms with van der Waals surface area (Å²) in [5.74, 6) is 0. The monoisotopic (exact) mass is 628 g/mol. The lowest BCUT2D eigenvalue weighted by molar-refractivity contribution is 0.589. The second-order valence-corrected chi connectivity index (χ2v) is 17.1. The Labute approximate surface area is 278 Å². The number of aryl methyl sites for hydroxylation is 2. The van der Waals surface area contributed by atoms with Crippen LogP contribution < -0.4 is 0 Å². The molecule has 4 aromatic rings. The van der Waals surface area contributed by atoms with Crippen LogP contribution >= 0.6 is 22.7 Å². The largest absolute Gasteiger partial charge is 0.144 e. The van der Waals surface area contributed by atoms with Crippen LogP contribution in [0.25, 0.3) is 31.7 Å². The van der Waals surface area contributed by atoms with Gasteiger partial charge in [0.1, 0.15) is 0 Å². The first-order valence-corrected chi connectivity index (χ1v) is 19.6. The first-order chi connectivity index (χ1) is 21.0. The minimum Gasteiger partial charge on any atom is -0.144 e. The third kappa shape index (κ3) is 9.10. The molecule has 0 aliphatic heterocycles. The van der Waals surface area contributed by atoms with Crippen molar-refractivity contribution in [1.82, 2.24) is 0 Å². The maximum atomic E-state index is 2.54. The Hall–Kier alpha value is -1.90. The van der Waals surface area contributed by atoms with E-state index in [1.807, 2.05) is 22.7 Å². The second-order valence-electron chi connectivity index (χ2n) is 15.2. The molecule has 2 heteroatoms. The van der Waals surface area contributed by atoms with Crippen LogP contribution in [-0.2, 0) is 23.7 Å². The number of benzene rings is 2. The topological polar surface area (TPSA) is 0 Å². The number of hydrogen-bond acceptors (Lipinski definition) is 2. The highest BCUT2D eigenvalue weighted by atomic mass is 32.1. The fraction of sp³-hybridized carbons (Fsp3) is 0.571. The molecule has 0 radical (unpaired) electrons. The van der Waals surface area contributed by atoms with E-state index in [4.69, 9.17) is 0 Å². The van der Waals surface area contributed by atoms with Gasteiger partial charge in [-0.25, -0.2) is 0 Å². The van der Waals surface area contributed by atoms with Crippen molar-refractivity contribution >= 4 is 33.4 Å². The van der Waals surface area contributed by atoms with Crippen LogP contribution in [0.5, 0.6) is 0 Å². The lowest BCUT2D eigenvalue weighted by atomic mass is 9.79. The molecule has 44 heavy (non-hydrogen) atoms. The summed E-state index contributed by atoms with van der Waals surface area (Å²) in [4.78, 5) is 2.98. The highest BCUT2D eigenvalue weighted by Gasteiger charge is 2.24. The van der Waals surface area contributed by atoms with Crippen molar-refractivity contribution in [1.29, 1.82) is 0 Å². The fourth-order valence-corrected chi connectivity index (χ4v) is 8.40. The maximum absolute atomic E-state index is 2.54. The number of fused-ring (bicyclic) bond motifs is 1. The van der Waals surface area contributed by atoms with E-state index in [-0.39, 0.29) is 10.8 Å². The summed E-state index contributed by atoms with van der Waals surface area (Å²) in [6.45, 7) is 18.9. The SMILES string of the molecule is CCCCCCCCc1ccsc1-c1cc(C(C)(C)C)cc2c(-c3sccc3CCCCCCCC)cc(C(C)(C)C)cc12. The molecule has 240 valence electrons. The number of hydrogen-bond donors (Lipinski definition) is 0. The second kappa shape index (κ2) is 16.1. The summed E-state index contributed by atoms with van der Waals surface area (Å²) in [5.41, 5.74) is 9.03. The van der Waals surface area contributed by atoms with Gasteiger partial charge < -0.3 is 0 Å². The van der Waals surface area contributed by atoms with Gasteiger partial charge in [-0.15, -0.1) is 22.7 Å². The Morgan fingerprint density at radius 3 is 1.20 bits per heavy atom. The van der Waals surface area contributed by atoms with Gasteiger partial charge in [-0.1, -0.05) is 120 Å². The van der Waals surface area contributed by atoms with E-state index in [0.29, 0.717) is 0 Å². The van der Waals surface area contributed by atoms with Gasteiger partial charge in [-0.2, -0.15) is 0 Å². The summed E-state index contributed by atoms with van der Waals surface area (Å²) in [6.07, 6.45) is 18.5. The number of rotatable bonds is 16. The van der Waals surface area contributed by atoms with Crippen LogP contribution in [-0.4, -0.2) is 0 Å². The molecule has 0 aliphatic rings. The molecule has 0 saturated carbocycles. The molecule has 2 heterocycles. The Balaban J connectivity index is 1.81. The minimum atomic E-state index is 0.0797. The van der Waals surface area contributed by atoms with Crippen molar-refractivity contribution in [2.45, 2.75) is 156 Å². The molecule has 0 amide bonds. The Morgan fingerprint density at radius 1 is 0.477 bits per heavy atom. The standard InChI is InChI=1S/C42H60S2/c1-9-11-13-15-17-19-21-31-23-25-43-39(31)37-29-33(41(3,4)5)28-36-35(37)27-34(42(6,7)8)30-38(36)40-32(24-26-44-40)22-20-18-16-14-12-10-2/h23-30H,9-22H2,1-8H3. The quantitative estimate of drug-likeness (QED) is 0.108. The van der Waals surface area contributed by atoms with Crippen molar-refractivity contribution < 1.29 is 0 Å². The van der Waals surface area contributed by atoms with Gasteiger partial charge in [0.25, 0.3) is 0 Å². The van der Waals surface area contributed by atoms with Crippen LogP contribution in [0.2, 0.25) is 0 Å². The summed E-state index contributed by atoms with van der Waals surface area (Å²) in [7, 11) is 0. The van der Waals surface area contributed by atoms with Gasteiger partial charge in [0.05, 0.1) is 0 Å². The van der Waals surface area contributed by atoms with Crippen molar-refractivity contribution in [2.24, 2.45) is 0 Å². The molecular weight excluding hydrogens is 569 g/mol. The molecule has 0 atom stereocenters. The van der Waals surface area contributed by atoms with Gasteiger partial charge >= 0.3 is 0 Å². The first kappa shape index (κ1) is 35.0. The summed E-state index contributed by atoms with van der Waals surface area (Å²) >= 11 is 3.90. The lowest BCUT2D eigenvalue weighted by Gasteiger charge is -2.26. The average Bonchev–Trinajstić information content (AvgIpc) is 3.64. The zero-order valence-electron chi connectivity index (χ0n) is 29.3. The molecule has 0 N–H and O–H groups in total. The molecular formula is C42H60S2. The summed E-state index contributed by atoms with van der Waals surface area (Å²) < 4.78 is 0. The van der Waals surface area contributed by atoms with Gasteiger partial charge in [-0.05, 0) is 117 Å². The molecule has 0 aliphatic carbocycles. The van der Waals surface area contributed by atoms with E-state index < -0.39 is 0 Å². The summed E-state index contributed by atoms with van der Waals surface area (Å²) in [6, 6.07) is 15.0. The molecule has 0 unspecified atom stereocenters. The molecule has 0 fully saturated rings. The Bertz CT molecular complexity index is 1340. The van der Waals surface area contributed by atoms with Crippen molar-refractivity contribution in [3.05, 3.63) is 69.4 Å². The summed E-state index contributed by atoms with van der Waals surface area (Å²) in [5, 5.41) is 7.55. The van der Waals surface area contributed by atoms with Gasteiger partial charge in [-0.3, -0.25) is 0 Å². The van der Waals surface area contributed by atoms with E-state index in [9.17, 15) is 0 Å². The molecule has 2 aromatic carbocycles. The Morgan fingerprint density at radius 2 is 0.841 bits per heavy atom. The highest BCUT2D eigenvalue weighted by Crippen LogP contribution is 2.45. The van der Waals surface area contributed by atoms with Crippen LogP contribution in [0.1, 0.15) is 155 Å². The third-order valence-corrected chi connectivity index (χ3v) is 11.4. The molecule has 0 saturated heterocycles. The zero-order chi connectivity index (χ0) is 31.7. The van der Waals surface area contributed by atoms with E-state index >= 15 is 0 Å². The first-order valence-electron chi connectivity index (χ1n) is 17.8. The van der Waals surface area contributed by atoms with Crippen LogP contribution in [0, 0.1) is 0 Å². The van der Waals surface area contributed by atoms with Crippen molar-refractivity contribution in [3.63, 3.8) is 0 Å². The lowest BCUT2D eigenvalue weighted by Crippen LogP contribution is -2.13. The molecule has 0 bridgehead atoms. The van der Waals surface area contributed by atoms with Crippen LogP contribution in [0.3, 0.4) is 0 Å². The number of thiophene rings is 2. The molecule has 4 rings (SSSR count). The number of unbranched alkanes of at least 4 members (excludes halogenated alkanes) is 10. The highest BCUT2D eigenvalue weighted by molar-refractivity contribution is 7.14. The van der Waals surface area contributed by atoms with E-state index in [1.165, 1.54) is 133 Å². The zero-order valence-corrected chi connectivity index (χ0v) is 31.0. The third-order valence-electron chi connectivity index (χ3n) is 9.38. The normalized spacial score (nSPS) is 12.5. The average molecular weight is 629 g/mol. The van der Waals surface area contributed by atoms with Crippen LogP contribution in [0.15, 0.2) is 47.2 Å². The van der Waals surface area contributed by atoms with Crippen molar-refractivity contribution in [3.8, 4) is 20.9 Å². The Kier molecular flexibility index (Phi) is 12.8. The predicted octanol–water partition coefficient (Wildman–Crippen LogP) is 14.7. The van der Waals surface area contributed by atoms with E-state index in [2.05, 4.69) is 103 Å². The van der Waals surface area contributed by atoms with E-state index in [0.717, 1.165) is 0 Å². The van der Waals surface area contributed by atoms with Gasteiger partial charge in [0, 0.05) is 20.9 Å². The van der Waals surface area contributed by atoms with Gasteiger partial charge in [0.2, 0.25) is 0 Å².